The van der Waals surface area contributed by atoms with Gasteiger partial charge in [-0.25, -0.2) is 0 Å². The van der Waals surface area contributed by atoms with Crippen LogP contribution in [0.25, 0.3) is 11.3 Å². The van der Waals surface area contributed by atoms with Crippen LogP contribution in [0.4, 0.5) is 5.69 Å². The molecule has 0 spiro atoms. The summed E-state index contributed by atoms with van der Waals surface area (Å²) in [6.07, 6.45) is 0. The maximum absolute atomic E-state index is 14.0. The minimum Gasteiger partial charge on any atom is -0.497 e. The molecular formula is C30H30N4O4. The van der Waals surface area contributed by atoms with E-state index in [2.05, 4.69) is 5.32 Å². The Balaban J connectivity index is 1.52. The van der Waals surface area contributed by atoms with Crippen molar-refractivity contribution in [1.82, 2.24) is 15.1 Å². The van der Waals surface area contributed by atoms with Crippen LogP contribution in [0, 0.1) is 0 Å². The molecule has 5 rings (SSSR count). The van der Waals surface area contributed by atoms with Gasteiger partial charge in [-0.3, -0.25) is 19.2 Å². The number of carbonyl (C=O) groups is 2. The average molecular weight is 511 g/mol. The Bertz CT molecular complexity index is 1430. The number of fused-ring (bicyclic) bond motifs is 1. The first-order valence-corrected chi connectivity index (χ1v) is 12.5. The van der Waals surface area contributed by atoms with E-state index in [1.165, 1.54) is 0 Å². The lowest BCUT2D eigenvalue weighted by atomic mass is 9.93. The SMILES string of the molecule is CCOc1ccc(N2C(=O)c3cc(-c4ccc(OC)cc4)nn3C[C@]2(C)C(=O)NCc2ccccc2)cc1. The average Bonchev–Trinajstić information content (AvgIpc) is 3.37. The van der Waals surface area contributed by atoms with Gasteiger partial charge in [0, 0.05) is 17.8 Å². The van der Waals surface area contributed by atoms with Gasteiger partial charge in [-0.05, 0) is 74.0 Å². The molecule has 8 heteroatoms. The van der Waals surface area contributed by atoms with Gasteiger partial charge in [-0.1, -0.05) is 30.3 Å². The predicted octanol–water partition coefficient (Wildman–Crippen LogP) is 4.69. The molecule has 0 unspecified atom stereocenters. The van der Waals surface area contributed by atoms with Crippen LogP contribution in [-0.2, 0) is 17.9 Å². The number of methoxy groups -OCH3 is 1. The van der Waals surface area contributed by atoms with Gasteiger partial charge < -0.3 is 14.8 Å². The summed E-state index contributed by atoms with van der Waals surface area (Å²) >= 11 is 0. The molecule has 1 aliphatic heterocycles. The first-order chi connectivity index (χ1) is 18.4. The first kappa shape index (κ1) is 25.1. The van der Waals surface area contributed by atoms with Crippen LogP contribution in [0.5, 0.6) is 11.5 Å². The number of aromatic nitrogens is 2. The third-order valence-electron chi connectivity index (χ3n) is 6.73. The third kappa shape index (κ3) is 4.72. The Morgan fingerprint density at radius 2 is 1.68 bits per heavy atom. The molecule has 38 heavy (non-hydrogen) atoms. The lowest BCUT2D eigenvalue weighted by Gasteiger charge is -2.43. The van der Waals surface area contributed by atoms with Gasteiger partial charge in [0.2, 0.25) is 5.91 Å². The Morgan fingerprint density at radius 3 is 2.34 bits per heavy atom. The largest absolute Gasteiger partial charge is 0.497 e. The number of benzene rings is 3. The zero-order valence-electron chi connectivity index (χ0n) is 21.7. The highest BCUT2D eigenvalue weighted by Crippen LogP contribution is 2.35. The summed E-state index contributed by atoms with van der Waals surface area (Å²) in [5.74, 6) is 0.863. The molecule has 2 amide bonds. The zero-order chi connectivity index (χ0) is 26.7. The van der Waals surface area contributed by atoms with Gasteiger partial charge in [0.15, 0.2) is 0 Å². The van der Waals surface area contributed by atoms with Gasteiger partial charge in [-0.2, -0.15) is 5.10 Å². The highest BCUT2D eigenvalue weighted by atomic mass is 16.5. The van der Waals surface area contributed by atoms with E-state index in [1.807, 2.05) is 85.8 Å². The Morgan fingerprint density at radius 1 is 1.00 bits per heavy atom. The molecule has 1 aliphatic rings. The molecule has 0 saturated carbocycles. The number of rotatable bonds is 8. The number of anilines is 1. The number of carbonyl (C=O) groups excluding carboxylic acids is 2. The first-order valence-electron chi connectivity index (χ1n) is 12.5. The van der Waals surface area contributed by atoms with Gasteiger partial charge in [0.05, 0.1) is 26.0 Å². The quantitative estimate of drug-likeness (QED) is 0.372. The smallest absolute Gasteiger partial charge is 0.277 e. The number of hydrogen-bond donors (Lipinski definition) is 1. The summed E-state index contributed by atoms with van der Waals surface area (Å²) < 4.78 is 12.5. The molecule has 0 bridgehead atoms. The second-order valence-corrected chi connectivity index (χ2v) is 9.31. The zero-order valence-corrected chi connectivity index (χ0v) is 21.7. The molecule has 2 heterocycles. The van der Waals surface area contributed by atoms with E-state index in [-0.39, 0.29) is 18.4 Å². The number of amides is 2. The second-order valence-electron chi connectivity index (χ2n) is 9.31. The maximum Gasteiger partial charge on any atom is 0.277 e. The molecule has 3 aromatic carbocycles. The fourth-order valence-electron chi connectivity index (χ4n) is 4.72. The van der Waals surface area contributed by atoms with Gasteiger partial charge >= 0.3 is 0 Å². The minimum absolute atomic E-state index is 0.193. The van der Waals surface area contributed by atoms with Crippen molar-refractivity contribution in [3.05, 3.63) is 96.2 Å². The predicted molar refractivity (Wildman–Crippen MR) is 145 cm³/mol. The van der Waals surface area contributed by atoms with E-state index in [9.17, 15) is 9.59 Å². The topological polar surface area (TPSA) is 85.7 Å². The molecule has 0 radical (unpaired) electrons. The molecule has 194 valence electrons. The van der Waals surface area contributed by atoms with Crippen LogP contribution in [0.2, 0.25) is 0 Å². The standard InChI is InChI=1S/C30H30N4O4/c1-4-38-25-16-12-23(13-17-25)34-28(35)27-18-26(22-10-14-24(37-3)15-11-22)32-33(27)20-30(34,2)29(36)31-19-21-8-6-5-7-9-21/h5-18H,4,19-20H2,1-3H3,(H,31,36)/t30-/m1/s1. The molecule has 1 atom stereocenters. The molecule has 0 saturated heterocycles. The maximum atomic E-state index is 14.0. The summed E-state index contributed by atoms with van der Waals surface area (Å²) in [7, 11) is 1.61. The van der Waals surface area contributed by atoms with Crippen molar-refractivity contribution in [3.63, 3.8) is 0 Å². The molecular weight excluding hydrogens is 480 g/mol. The third-order valence-corrected chi connectivity index (χ3v) is 6.73. The van der Waals surface area contributed by atoms with Crippen LogP contribution >= 0.6 is 0 Å². The fourth-order valence-corrected chi connectivity index (χ4v) is 4.72. The van der Waals surface area contributed by atoms with Crippen LogP contribution in [-0.4, -0.2) is 40.9 Å². The molecule has 8 nitrogen and oxygen atoms in total. The normalized spacial score (nSPS) is 16.6. The summed E-state index contributed by atoms with van der Waals surface area (Å²) in [5, 5.41) is 7.75. The van der Waals surface area contributed by atoms with Gasteiger partial charge in [0.25, 0.3) is 5.91 Å². The number of nitrogens with zero attached hydrogens (tertiary/aromatic N) is 3. The Kier molecular flexibility index (Phi) is 6.87. The van der Waals surface area contributed by atoms with Crippen molar-refractivity contribution in [2.45, 2.75) is 32.5 Å². The summed E-state index contributed by atoms with van der Waals surface area (Å²) in [5.41, 5.74) is 2.27. The van der Waals surface area contributed by atoms with Crippen molar-refractivity contribution < 1.29 is 19.1 Å². The van der Waals surface area contributed by atoms with E-state index < -0.39 is 5.54 Å². The highest BCUT2D eigenvalue weighted by Gasteiger charge is 2.48. The van der Waals surface area contributed by atoms with E-state index >= 15 is 0 Å². The Labute approximate surface area is 221 Å². The minimum atomic E-state index is -1.23. The van der Waals surface area contributed by atoms with Crippen LogP contribution < -0.4 is 19.7 Å². The van der Waals surface area contributed by atoms with Crippen molar-refractivity contribution in [2.24, 2.45) is 0 Å². The van der Waals surface area contributed by atoms with Crippen molar-refractivity contribution in [3.8, 4) is 22.8 Å². The lowest BCUT2D eigenvalue weighted by Crippen LogP contribution is -2.64. The number of hydrogen-bond acceptors (Lipinski definition) is 5. The van der Waals surface area contributed by atoms with E-state index in [4.69, 9.17) is 14.6 Å². The fraction of sp³-hybridized carbons (Fsp3) is 0.233. The van der Waals surface area contributed by atoms with Crippen LogP contribution in [0.15, 0.2) is 84.9 Å². The van der Waals surface area contributed by atoms with E-state index in [0.29, 0.717) is 36.0 Å². The van der Waals surface area contributed by atoms with Crippen molar-refractivity contribution >= 4 is 17.5 Å². The summed E-state index contributed by atoms with van der Waals surface area (Å²) in [4.78, 5) is 29.3. The van der Waals surface area contributed by atoms with Gasteiger partial charge in [0.1, 0.15) is 22.7 Å². The molecule has 0 fully saturated rings. The number of nitrogens with one attached hydrogen (secondary N) is 1. The van der Waals surface area contributed by atoms with Crippen molar-refractivity contribution in [1.29, 1.82) is 0 Å². The summed E-state index contributed by atoms with van der Waals surface area (Å²) in [6, 6.07) is 26.2. The molecule has 1 N–H and O–H groups in total. The van der Waals surface area contributed by atoms with Crippen LogP contribution in [0.3, 0.4) is 0 Å². The van der Waals surface area contributed by atoms with Gasteiger partial charge in [-0.15, -0.1) is 0 Å². The Hall–Kier alpha value is -4.59. The molecule has 4 aromatic rings. The molecule has 1 aromatic heterocycles. The van der Waals surface area contributed by atoms with Crippen molar-refractivity contribution in [2.75, 3.05) is 18.6 Å². The van der Waals surface area contributed by atoms with Crippen LogP contribution in [0.1, 0.15) is 29.9 Å². The number of ether oxygens (including phenoxy) is 2. The molecule has 0 aliphatic carbocycles. The monoisotopic (exact) mass is 510 g/mol. The van der Waals surface area contributed by atoms with E-state index in [1.54, 1.807) is 29.7 Å². The summed E-state index contributed by atoms with van der Waals surface area (Å²) in [6.45, 7) is 4.77. The highest BCUT2D eigenvalue weighted by molar-refractivity contribution is 6.12. The lowest BCUT2D eigenvalue weighted by molar-refractivity contribution is -0.126. The van der Waals surface area contributed by atoms with E-state index in [0.717, 1.165) is 16.9 Å². The second kappa shape index (κ2) is 10.4.